The normalized spacial score (nSPS) is 22.7. The summed E-state index contributed by atoms with van der Waals surface area (Å²) in [5, 5.41) is 9.81. The van der Waals surface area contributed by atoms with Crippen LogP contribution in [-0.2, 0) is 14.3 Å². The van der Waals surface area contributed by atoms with Crippen molar-refractivity contribution in [3.05, 3.63) is 0 Å². The highest BCUT2D eigenvalue weighted by atomic mass is 16.5. The molecule has 0 aromatic carbocycles. The van der Waals surface area contributed by atoms with Crippen molar-refractivity contribution in [1.29, 1.82) is 0 Å². The Labute approximate surface area is 146 Å². The van der Waals surface area contributed by atoms with Crippen molar-refractivity contribution in [1.82, 2.24) is 0 Å². The molecule has 0 amide bonds. The van der Waals surface area contributed by atoms with Gasteiger partial charge in [-0.25, -0.2) is 0 Å². The molecule has 2 atom stereocenters. The molecule has 24 heavy (non-hydrogen) atoms. The Hall–Kier alpha value is -1.06. The molecule has 0 aromatic rings. The third-order valence-corrected chi connectivity index (χ3v) is 6.02. The number of carbonyl (C=O) groups excluding carboxylic acids is 1. The number of carbonyl (C=O) groups is 2. The summed E-state index contributed by atoms with van der Waals surface area (Å²) in [6, 6.07) is 0. The molecule has 0 aromatic heterocycles. The Kier molecular flexibility index (Phi) is 8.07. The summed E-state index contributed by atoms with van der Waals surface area (Å²) in [6.45, 7) is 2.13. The van der Waals surface area contributed by atoms with Crippen LogP contribution >= 0.6 is 0 Å². The summed E-state index contributed by atoms with van der Waals surface area (Å²) < 4.78 is 5.26. The van der Waals surface area contributed by atoms with Crippen molar-refractivity contribution in [2.75, 3.05) is 6.61 Å². The van der Waals surface area contributed by atoms with Crippen LogP contribution in [0.5, 0.6) is 0 Å². The molecule has 4 nitrogen and oxygen atoms in total. The van der Waals surface area contributed by atoms with E-state index in [4.69, 9.17) is 4.74 Å². The summed E-state index contributed by atoms with van der Waals surface area (Å²) in [5.74, 6) is -1.19. The highest BCUT2D eigenvalue weighted by molar-refractivity contribution is 5.81. The molecule has 0 radical (unpaired) electrons. The molecule has 138 valence electrons. The lowest BCUT2D eigenvalue weighted by molar-refractivity contribution is -0.159. The second-order valence-corrected chi connectivity index (χ2v) is 7.78. The minimum absolute atomic E-state index is 0.286. The third-order valence-electron chi connectivity index (χ3n) is 6.02. The molecule has 2 fully saturated rings. The first-order chi connectivity index (χ1) is 11.6. The highest BCUT2D eigenvalue weighted by Gasteiger charge is 2.38. The number of esters is 1. The van der Waals surface area contributed by atoms with Gasteiger partial charge in [-0.2, -0.15) is 0 Å². The quantitative estimate of drug-likeness (QED) is 0.645. The maximum Gasteiger partial charge on any atom is 0.309 e. The van der Waals surface area contributed by atoms with E-state index in [1.165, 1.54) is 38.5 Å². The maximum atomic E-state index is 12.5. The molecular formula is C20H34O4. The van der Waals surface area contributed by atoms with Crippen molar-refractivity contribution in [3.63, 3.8) is 0 Å². The lowest BCUT2D eigenvalue weighted by Gasteiger charge is -2.31. The fourth-order valence-corrected chi connectivity index (χ4v) is 4.68. The van der Waals surface area contributed by atoms with Crippen LogP contribution < -0.4 is 0 Å². The van der Waals surface area contributed by atoms with Gasteiger partial charge in [0.05, 0.1) is 18.4 Å². The first kappa shape index (κ1) is 19.3. The minimum Gasteiger partial charge on any atom is -0.481 e. The van der Waals surface area contributed by atoms with Crippen LogP contribution in [0.25, 0.3) is 0 Å². The highest BCUT2D eigenvalue weighted by Crippen LogP contribution is 2.37. The zero-order valence-corrected chi connectivity index (χ0v) is 15.2. The maximum absolute atomic E-state index is 12.5. The zero-order chi connectivity index (χ0) is 17.4. The number of hydrogen-bond donors (Lipinski definition) is 1. The lowest BCUT2D eigenvalue weighted by atomic mass is 9.74. The summed E-state index contributed by atoms with van der Waals surface area (Å²) >= 11 is 0. The minimum atomic E-state index is -0.811. The zero-order valence-electron chi connectivity index (χ0n) is 15.2. The summed E-state index contributed by atoms with van der Waals surface area (Å²) in [5.41, 5.74) is 0. The largest absolute Gasteiger partial charge is 0.481 e. The molecule has 1 N–H and O–H groups in total. The summed E-state index contributed by atoms with van der Waals surface area (Å²) in [6.07, 6.45) is 13.2. The second kappa shape index (κ2) is 10.0. The van der Waals surface area contributed by atoms with Crippen molar-refractivity contribution < 1.29 is 19.4 Å². The summed E-state index contributed by atoms with van der Waals surface area (Å²) in [7, 11) is 0. The lowest BCUT2D eigenvalue weighted by Crippen LogP contribution is -2.35. The Balaban J connectivity index is 2.06. The van der Waals surface area contributed by atoms with E-state index in [1.54, 1.807) is 6.92 Å². The van der Waals surface area contributed by atoms with Crippen LogP contribution in [0.1, 0.15) is 84.0 Å². The van der Waals surface area contributed by atoms with Gasteiger partial charge < -0.3 is 9.84 Å². The first-order valence-corrected chi connectivity index (χ1v) is 10.0. The number of rotatable bonds is 8. The molecule has 2 aliphatic carbocycles. The van der Waals surface area contributed by atoms with E-state index >= 15 is 0 Å². The molecular weight excluding hydrogens is 304 g/mol. The Morgan fingerprint density at radius 1 is 0.875 bits per heavy atom. The van der Waals surface area contributed by atoms with Crippen LogP contribution in [0.4, 0.5) is 0 Å². The number of carboxylic acids is 1. The fourth-order valence-electron chi connectivity index (χ4n) is 4.68. The second-order valence-electron chi connectivity index (χ2n) is 7.78. The first-order valence-electron chi connectivity index (χ1n) is 10.0. The van der Waals surface area contributed by atoms with E-state index < -0.39 is 17.8 Å². The molecule has 0 aliphatic heterocycles. The van der Waals surface area contributed by atoms with Crippen LogP contribution in [0, 0.1) is 23.7 Å². The van der Waals surface area contributed by atoms with Crippen molar-refractivity contribution in [2.45, 2.75) is 84.0 Å². The molecule has 0 heterocycles. The standard InChI is InChI=1S/C20H34O4/c1-2-24-20(23)18(14-16-11-7-4-8-12-16)17(19(21)22)13-15-9-5-3-6-10-15/h15-18H,2-14H2,1H3,(H,21,22). The van der Waals surface area contributed by atoms with Gasteiger partial charge in [-0.3, -0.25) is 9.59 Å². The number of ether oxygens (including phenoxy) is 1. The fraction of sp³-hybridized carbons (Fsp3) is 0.900. The molecule has 0 bridgehead atoms. The van der Waals surface area contributed by atoms with Crippen LogP contribution in [-0.4, -0.2) is 23.7 Å². The van der Waals surface area contributed by atoms with Crippen molar-refractivity contribution in [3.8, 4) is 0 Å². The van der Waals surface area contributed by atoms with Gasteiger partial charge in [0, 0.05) is 0 Å². The predicted octanol–water partition coefficient (Wildman–Crippen LogP) is 4.81. The molecule has 0 spiro atoms. The smallest absolute Gasteiger partial charge is 0.309 e. The number of hydrogen-bond acceptors (Lipinski definition) is 3. The average Bonchev–Trinajstić information content (AvgIpc) is 2.60. The Morgan fingerprint density at radius 3 is 1.75 bits per heavy atom. The molecule has 2 aliphatic rings. The number of aliphatic carboxylic acids is 1. The van der Waals surface area contributed by atoms with Gasteiger partial charge >= 0.3 is 11.9 Å². The number of carboxylic acid groups (broad SMARTS) is 1. The molecule has 4 heteroatoms. The molecule has 0 saturated heterocycles. The van der Waals surface area contributed by atoms with Crippen LogP contribution in [0.3, 0.4) is 0 Å². The van der Waals surface area contributed by atoms with Crippen molar-refractivity contribution in [2.24, 2.45) is 23.7 Å². The van der Waals surface area contributed by atoms with Gasteiger partial charge in [-0.05, 0) is 31.6 Å². The van der Waals surface area contributed by atoms with Gasteiger partial charge in [0.2, 0.25) is 0 Å². The topological polar surface area (TPSA) is 63.6 Å². The van der Waals surface area contributed by atoms with E-state index in [9.17, 15) is 14.7 Å². The average molecular weight is 338 g/mol. The van der Waals surface area contributed by atoms with Gasteiger partial charge in [0.25, 0.3) is 0 Å². The van der Waals surface area contributed by atoms with E-state index in [2.05, 4.69) is 0 Å². The van der Waals surface area contributed by atoms with Gasteiger partial charge in [-0.15, -0.1) is 0 Å². The predicted molar refractivity (Wildman–Crippen MR) is 93.6 cm³/mol. The van der Waals surface area contributed by atoms with E-state index in [1.807, 2.05) is 0 Å². The Morgan fingerprint density at radius 2 is 1.33 bits per heavy atom. The van der Waals surface area contributed by atoms with Crippen molar-refractivity contribution >= 4 is 11.9 Å². The van der Waals surface area contributed by atoms with E-state index in [0.717, 1.165) is 25.7 Å². The Bertz CT molecular complexity index is 394. The SMILES string of the molecule is CCOC(=O)C(CC1CCCCC1)C(CC1CCCCC1)C(=O)O. The molecule has 2 saturated carbocycles. The van der Waals surface area contributed by atoms with E-state index in [0.29, 0.717) is 31.3 Å². The van der Waals surface area contributed by atoms with Crippen LogP contribution in [0.15, 0.2) is 0 Å². The van der Waals surface area contributed by atoms with Gasteiger partial charge in [-0.1, -0.05) is 64.2 Å². The van der Waals surface area contributed by atoms with Crippen LogP contribution in [0.2, 0.25) is 0 Å². The van der Waals surface area contributed by atoms with Gasteiger partial charge in [0.15, 0.2) is 0 Å². The molecule has 2 unspecified atom stereocenters. The summed E-state index contributed by atoms with van der Waals surface area (Å²) in [4.78, 5) is 24.5. The monoisotopic (exact) mass is 338 g/mol. The third kappa shape index (κ3) is 5.78. The van der Waals surface area contributed by atoms with Gasteiger partial charge in [0.1, 0.15) is 0 Å². The van der Waals surface area contributed by atoms with E-state index in [-0.39, 0.29) is 5.97 Å². The molecule has 2 rings (SSSR count).